The first-order valence-corrected chi connectivity index (χ1v) is 7.39. The Morgan fingerprint density at radius 2 is 2.30 bits per heavy atom. The van der Waals surface area contributed by atoms with Crippen molar-refractivity contribution in [2.75, 3.05) is 25.0 Å². The zero-order chi connectivity index (χ0) is 13.8. The molecule has 1 aromatic rings. The van der Waals surface area contributed by atoms with Crippen LogP contribution in [0.15, 0.2) is 22.7 Å². The van der Waals surface area contributed by atoms with E-state index in [2.05, 4.69) is 26.1 Å². The van der Waals surface area contributed by atoms with Gasteiger partial charge in [0.25, 0.3) is 0 Å². The SMILES string of the molecule is Cc1ccc(NC(=O)CN2CCCC2CN)c(Br)c1.Cl. The standard InChI is InChI=1S/C14H20BrN3O.ClH/c1-10-4-5-13(12(15)7-10)17-14(19)9-18-6-2-3-11(18)8-16;/h4-5,7,11H,2-3,6,8-9,16H2,1H3,(H,17,19);1H. The Bertz CT molecular complexity index is 470. The third kappa shape index (κ3) is 4.45. The minimum Gasteiger partial charge on any atom is -0.329 e. The second-order valence-corrected chi connectivity index (χ2v) is 5.89. The van der Waals surface area contributed by atoms with E-state index in [1.165, 1.54) is 0 Å². The number of nitrogens with one attached hydrogen (secondary N) is 1. The molecule has 0 saturated carbocycles. The van der Waals surface area contributed by atoms with Crippen molar-refractivity contribution in [2.45, 2.75) is 25.8 Å². The number of halogens is 2. The highest BCUT2D eigenvalue weighted by molar-refractivity contribution is 9.10. The number of hydrogen-bond donors (Lipinski definition) is 2. The van der Waals surface area contributed by atoms with Crippen LogP contribution in [0.25, 0.3) is 0 Å². The number of nitrogens with zero attached hydrogens (tertiary/aromatic N) is 1. The average molecular weight is 363 g/mol. The molecule has 1 atom stereocenters. The smallest absolute Gasteiger partial charge is 0.238 e. The van der Waals surface area contributed by atoms with Crippen molar-refractivity contribution in [3.8, 4) is 0 Å². The summed E-state index contributed by atoms with van der Waals surface area (Å²) in [4.78, 5) is 14.2. The van der Waals surface area contributed by atoms with Crippen molar-refractivity contribution in [1.29, 1.82) is 0 Å². The fourth-order valence-electron chi connectivity index (χ4n) is 2.47. The number of rotatable bonds is 4. The van der Waals surface area contributed by atoms with Gasteiger partial charge < -0.3 is 11.1 Å². The lowest BCUT2D eigenvalue weighted by Crippen LogP contribution is -2.40. The molecule has 112 valence electrons. The molecule has 3 N–H and O–H groups in total. The van der Waals surface area contributed by atoms with Crippen LogP contribution in [-0.4, -0.2) is 36.5 Å². The summed E-state index contributed by atoms with van der Waals surface area (Å²) in [7, 11) is 0. The first-order chi connectivity index (χ1) is 9.10. The monoisotopic (exact) mass is 361 g/mol. The van der Waals surface area contributed by atoms with Gasteiger partial charge in [-0.1, -0.05) is 6.07 Å². The molecule has 0 aromatic heterocycles. The van der Waals surface area contributed by atoms with Gasteiger partial charge in [0.2, 0.25) is 5.91 Å². The van der Waals surface area contributed by atoms with Crippen LogP contribution < -0.4 is 11.1 Å². The van der Waals surface area contributed by atoms with E-state index in [1.54, 1.807) is 0 Å². The van der Waals surface area contributed by atoms with Crippen LogP contribution in [0.5, 0.6) is 0 Å². The highest BCUT2D eigenvalue weighted by Crippen LogP contribution is 2.23. The van der Waals surface area contributed by atoms with Gasteiger partial charge in [0, 0.05) is 17.1 Å². The molecule has 1 saturated heterocycles. The van der Waals surface area contributed by atoms with E-state index in [0.29, 0.717) is 19.1 Å². The van der Waals surface area contributed by atoms with Crippen molar-refractivity contribution in [3.05, 3.63) is 28.2 Å². The van der Waals surface area contributed by atoms with Gasteiger partial charge in [-0.25, -0.2) is 0 Å². The minimum atomic E-state index is 0. The zero-order valence-corrected chi connectivity index (χ0v) is 14.0. The van der Waals surface area contributed by atoms with Crippen molar-refractivity contribution >= 4 is 39.9 Å². The Hall–Kier alpha value is -0.620. The summed E-state index contributed by atoms with van der Waals surface area (Å²) in [5.41, 5.74) is 7.69. The van der Waals surface area contributed by atoms with Crippen LogP contribution in [0.1, 0.15) is 18.4 Å². The van der Waals surface area contributed by atoms with Gasteiger partial charge in [0.15, 0.2) is 0 Å². The fraction of sp³-hybridized carbons (Fsp3) is 0.500. The Labute approximate surface area is 134 Å². The summed E-state index contributed by atoms with van der Waals surface area (Å²) in [5, 5.41) is 2.94. The van der Waals surface area contributed by atoms with Crippen LogP contribution in [0, 0.1) is 6.92 Å². The summed E-state index contributed by atoms with van der Waals surface area (Å²) >= 11 is 3.47. The number of carbonyl (C=O) groups excluding carboxylic acids is 1. The molecule has 0 aliphatic carbocycles. The molecule has 6 heteroatoms. The number of hydrogen-bond acceptors (Lipinski definition) is 3. The number of benzene rings is 1. The Balaban J connectivity index is 0.00000200. The largest absolute Gasteiger partial charge is 0.329 e. The molecule has 1 aliphatic heterocycles. The maximum atomic E-state index is 12.1. The first-order valence-electron chi connectivity index (χ1n) is 6.60. The molecule has 1 fully saturated rings. The summed E-state index contributed by atoms with van der Waals surface area (Å²) < 4.78 is 0.914. The second kappa shape index (κ2) is 7.98. The van der Waals surface area contributed by atoms with Crippen LogP contribution >= 0.6 is 28.3 Å². The normalized spacial score (nSPS) is 18.6. The third-order valence-corrected chi connectivity index (χ3v) is 4.17. The van der Waals surface area contributed by atoms with Crippen molar-refractivity contribution < 1.29 is 4.79 Å². The summed E-state index contributed by atoms with van der Waals surface area (Å²) in [6.07, 6.45) is 2.22. The van der Waals surface area contributed by atoms with E-state index < -0.39 is 0 Å². The van der Waals surface area contributed by atoms with Crippen LogP contribution in [-0.2, 0) is 4.79 Å². The van der Waals surface area contributed by atoms with Gasteiger partial charge in [-0.15, -0.1) is 12.4 Å². The van der Waals surface area contributed by atoms with Crippen molar-refractivity contribution in [3.63, 3.8) is 0 Å². The quantitative estimate of drug-likeness (QED) is 0.865. The Morgan fingerprint density at radius 1 is 1.55 bits per heavy atom. The van der Waals surface area contributed by atoms with E-state index in [-0.39, 0.29) is 18.3 Å². The van der Waals surface area contributed by atoms with Crippen LogP contribution in [0.4, 0.5) is 5.69 Å². The third-order valence-electron chi connectivity index (χ3n) is 3.52. The molecule has 1 aliphatic rings. The summed E-state index contributed by atoms with van der Waals surface area (Å²) in [6, 6.07) is 6.25. The number of anilines is 1. The summed E-state index contributed by atoms with van der Waals surface area (Å²) in [5.74, 6) is 0.0184. The van der Waals surface area contributed by atoms with E-state index in [4.69, 9.17) is 5.73 Å². The average Bonchev–Trinajstić information content (AvgIpc) is 2.80. The van der Waals surface area contributed by atoms with Crippen LogP contribution in [0.2, 0.25) is 0 Å². The van der Waals surface area contributed by atoms with Gasteiger partial charge in [-0.2, -0.15) is 0 Å². The fourth-order valence-corrected chi connectivity index (χ4v) is 3.06. The molecule has 0 radical (unpaired) electrons. The Kier molecular flexibility index (Phi) is 6.95. The molecular weight excluding hydrogens is 342 g/mol. The zero-order valence-electron chi connectivity index (χ0n) is 11.6. The van der Waals surface area contributed by atoms with Crippen LogP contribution in [0.3, 0.4) is 0 Å². The molecule has 1 amide bonds. The highest BCUT2D eigenvalue weighted by Gasteiger charge is 2.24. The predicted octanol–water partition coefficient (Wildman–Crippen LogP) is 2.54. The molecule has 0 bridgehead atoms. The van der Waals surface area contributed by atoms with E-state index in [1.807, 2.05) is 25.1 Å². The molecule has 20 heavy (non-hydrogen) atoms. The lowest BCUT2D eigenvalue weighted by molar-refractivity contribution is -0.117. The number of aryl methyl sites for hydroxylation is 1. The number of amides is 1. The molecule has 1 aromatic carbocycles. The Morgan fingerprint density at radius 3 is 2.95 bits per heavy atom. The summed E-state index contributed by atoms with van der Waals surface area (Å²) in [6.45, 7) is 4.03. The lowest BCUT2D eigenvalue weighted by atomic mass is 10.2. The molecular formula is C14H21BrClN3O. The maximum absolute atomic E-state index is 12.1. The first kappa shape index (κ1) is 17.4. The van der Waals surface area contributed by atoms with Gasteiger partial charge in [-0.3, -0.25) is 9.69 Å². The molecule has 1 heterocycles. The minimum absolute atomic E-state index is 0. The number of nitrogens with two attached hydrogens (primary N) is 1. The lowest BCUT2D eigenvalue weighted by Gasteiger charge is -2.22. The molecule has 1 unspecified atom stereocenters. The highest BCUT2D eigenvalue weighted by atomic mass is 79.9. The van der Waals surface area contributed by atoms with E-state index in [9.17, 15) is 4.79 Å². The van der Waals surface area contributed by atoms with Gasteiger partial charge >= 0.3 is 0 Å². The molecule has 2 rings (SSSR count). The second-order valence-electron chi connectivity index (χ2n) is 5.03. The van der Waals surface area contributed by atoms with Gasteiger partial charge in [0.05, 0.1) is 12.2 Å². The van der Waals surface area contributed by atoms with Gasteiger partial charge in [0.1, 0.15) is 0 Å². The maximum Gasteiger partial charge on any atom is 0.238 e. The van der Waals surface area contributed by atoms with Gasteiger partial charge in [-0.05, 0) is 59.9 Å². The number of carbonyl (C=O) groups is 1. The van der Waals surface area contributed by atoms with Crippen molar-refractivity contribution in [2.24, 2.45) is 5.73 Å². The van der Waals surface area contributed by atoms with Crippen molar-refractivity contribution in [1.82, 2.24) is 4.90 Å². The molecule has 0 spiro atoms. The topological polar surface area (TPSA) is 58.4 Å². The number of likely N-dealkylation sites (tertiary alicyclic amines) is 1. The van der Waals surface area contributed by atoms with E-state index >= 15 is 0 Å². The predicted molar refractivity (Wildman–Crippen MR) is 88.4 cm³/mol. The molecule has 4 nitrogen and oxygen atoms in total. The van der Waals surface area contributed by atoms with E-state index in [0.717, 1.165) is 35.1 Å².